The summed E-state index contributed by atoms with van der Waals surface area (Å²) >= 11 is 25.8. The number of carbonyl (C=O) groups excluding carboxylic acids is 3. The molecule has 0 spiro atoms. The Morgan fingerprint density at radius 1 is 0.522 bits per heavy atom. The molecular weight excluding hydrogens is 1040 g/mol. The van der Waals surface area contributed by atoms with E-state index in [0.717, 1.165) is 80.2 Å². The molecule has 5 aromatic rings. The lowest BCUT2D eigenvalue weighted by Gasteiger charge is -2.32. The van der Waals surface area contributed by atoms with Crippen LogP contribution >= 0.6 is 62.1 Å². The van der Waals surface area contributed by atoms with Crippen molar-refractivity contribution in [2.45, 2.75) is 63.1 Å². The van der Waals surface area contributed by atoms with Gasteiger partial charge in [0, 0.05) is 66.7 Å². The molecule has 69 heavy (non-hydrogen) atoms. The molecule has 4 aliphatic rings. The van der Waals surface area contributed by atoms with Gasteiger partial charge < -0.3 is 5.48 Å². The van der Waals surface area contributed by atoms with Crippen molar-refractivity contribution in [3.05, 3.63) is 167 Å². The second-order valence-electron chi connectivity index (χ2n) is 15.0. The lowest BCUT2D eigenvalue weighted by atomic mass is 10.2. The van der Waals surface area contributed by atoms with Crippen LogP contribution in [0.25, 0.3) is 11.4 Å². The fraction of sp³-hybridized carbons (Fsp3) is 0.256. The molecule has 2 aromatic heterocycles. The number of nitrogens with zero attached hydrogens (tertiary/aromatic N) is 9. The Hall–Kier alpha value is -6.53. The van der Waals surface area contributed by atoms with E-state index in [1.54, 1.807) is 0 Å². The van der Waals surface area contributed by atoms with Gasteiger partial charge in [-0.3, -0.25) is 72.7 Å². The first-order valence-electron chi connectivity index (χ1n) is 19.7. The Morgan fingerprint density at radius 2 is 0.913 bits per heavy atom. The molecule has 3 heterocycles. The minimum Gasteiger partial charge on any atom is -0.412 e. The summed E-state index contributed by atoms with van der Waals surface area (Å²) in [4.78, 5) is 118. The van der Waals surface area contributed by atoms with Crippen LogP contribution in [0.2, 0.25) is 10.3 Å². The van der Waals surface area contributed by atoms with E-state index in [1.807, 2.05) is 0 Å². The molecule has 3 aliphatic carbocycles. The number of carbonyl (C=O) groups is 3. The maximum Gasteiger partial charge on any atom is 0.339 e. The first-order valence-corrected chi connectivity index (χ1v) is 24.8. The third-order valence-corrected chi connectivity index (χ3v) is 10.6. The standard InChI is InChI=1S/2C13H10ClN3O4.C13H11N3O5.Cl3OP.H2O/c14-11-7-12(18)16(8-4-5-8)13(19)15(11)9-2-1-3-10(6-9)17(20)21;14-11-7-12(18)16(13(19)15(11)8-4-5-8)9-2-1-3-10(6-9)17(20)21;17-11-7-12(18)15(13(19)14(11)8-4-5-8)9-2-1-3-10(6-9)16(20)21;1-5(2,3)4;/h2*1-3,6-8H,4-5H2;1-3,6,8H,4-5,7H2;;1H2. The average Bonchev–Trinajstić information content (AvgIpc) is 4.07. The molecule has 364 valence electrons. The van der Waals surface area contributed by atoms with Gasteiger partial charge in [0.05, 0.1) is 31.8 Å². The number of amides is 4. The van der Waals surface area contributed by atoms with Crippen molar-refractivity contribution in [3.63, 3.8) is 0 Å². The third kappa shape index (κ3) is 13.2. The van der Waals surface area contributed by atoms with Gasteiger partial charge in [-0.1, -0.05) is 41.4 Å². The van der Waals surface area contributed by atoms with Gasteiger partial charge in [0.1, 0.15) is 16.7 Å². The highest BCUT2D eigenvalue weighted by Gasteiger charge is 2.46. The zero-order valence-corrected chi connectivity index (χ0v) is 39.5. The second-order valence-corrected chi connectivity index (χ2v) is 22.4. The molecule has 1 aliphatic heterocycles. The molecule has 0 unspecified atom stereocenters. The summed E-state index contributed by atoms with van der Waals surface area (Å²) in [6, 6.07) is 17.5. The molecule has 0 atom stereocenters. The van der Waals surface area contributed by atoms with Gasteiger partial charge in [-0.2, -0.15) is 0 Å². The number of hydrogen-bond acceptors (Lipinski definition) is 14. The van der Waals surface area contributed by atoms with Gasteiger partial charge in [0.15, 0.2) is 0 Å². The first-order chi connectivity index (χ1) is 32.0. The molecule has 3 aromatic carbocycles. The predicted molar refractivity (Wildman–Crippen MR) is 252 cm³/mol. The maximum absolute atomic E-state index is 12.4. The molecule has 24 nitrogen and oxygen atoms in total. The number of barbiturate groups is 1. The molecule has 9 rings (SSSR count). The van der Waals surface area contributed by atoms with E-state index in [2.05, 4.69) is 33.7 Å². The van der Waals surface area contributed by atoms with Gasteiger partial charge >= 0.3 is 22.6 Å². The predicted octanol–water partition coefficient (Wildman–Crippen LogP) is 7.22. The number of imide groups is 2. The summed E-state index contributed by atoms with van der Waals surface area (Å²) in [5, 5.41) is 29.2. The minimum absolute atomic E-state index is 0. The van der Waals surface area contributed by atoms with Crippen LogP contribution < -0.4 is 27.4 Å². The summed E-state index contributed by atoms with van der Waals surface area (Å²) in [7, 11) is 0. The number of halogens is 5. The molecule has 0 bridgehead atoms. The van der Waals surface area contributed by atoms with Gasteiger partial charge in [-0.15, -0.1) is 0 Å². The van der Waals surface area contributed by atoms with Crippen molar-refractivity contribution in [2.75, 3.05) is 4.90 Å². The Labute approximate surface area is 409 Å². The van der Waals surface area contributed by atoms with E-state index in [9.17, 15) is 68.5 Å². The van der Waals surface area contributed by atoms with Crippen molar-refractivity contribution >= 4 is 103 Å². The minimum atomic E-state index is -3.22. The zero-order valence-electron chi connectivity index (χ0n) is 34.8. The Bertz CT molecular complexity index is 3190. The van der Waals surface area contributed by atoms with E-state index in [4.69, 9.17) is 23.2 Å². The molecule has 3 saturated carbocycles. The number of benzene rings is 3. The summed E-state index contributed by atoms with van der Waals surface area (Å²) in [5.41, 5.74) is -2.24. The third-order valence-electron chi connectivity index (χ3n) is 10.0. The Balaban J connectivity index is 0.000000182. The Kier molecular flexibility index (Phi) is 16.9. The summed E-state index contributed by atoms with van der Waals surface area (Å²) in [6.45, 7) is 0. The summed E-state index contributed by atoms with van der Waals surface area (Å²) in [5.74, 6) is -1.17. The highest BCUT2D eigenvalue weighted by atomic mass is 36.0. The number of nitro benzene ring substituents is 3. The number of rotatable bonds is 9. The first kappa shape index (κ1) is 53.4. The number of hydrogen-bond donors (Lipinski definition) is 0. The van der Waals surface area contributed by atoms with Crippen LogP contribution in [0.4, 0.5) is 27.5 Å². The van der Waals surface area contributed by atoms with E-state index < -0.39 is 66.7 Å². The van der Waals surface area contributed by atoms with Crippen molar-refractivity contribution in [1.82, 2.24) is 23.2 Å². The van der Waals surface area contributed by atoms with Crippen LogP contribution in [-0.4, -0.2) is 67.3 Å². The fourth-order valence-electron chi connectivity index (χ4n) is 6.66. The van der Waals surface area contributed by atoms with Crippen LogP contribution in [0.3, 0.4) is 0 Å². The lowest BCUT2D eigenvalue weighted by Crippen LogP contribution is -2.56. The van der Waals surface area contributed by atoms with Crippen LogP contribution in [0.1, 0.15) is 57.0 Å². The number of urea groups is 1. The van der Waals surface area contributed by atoms with Crippen molar-refractivity contribution in [1.29, 1.82) is 0 Å². The van der Waals surface area contributed by atoms with E-state index >= 15 is 0 Å². The van der Waals surface area contributed by atoms with Crippen molar-refractivity contribution in [3.8, 4) is 11.4 Å². The zero-order chi connectivity index (χ0) is 49.9. The normalized spacial score (nSPS) is 15.3. The number of anilines is 1. The van der Waals surface area contributed by atoms with Crippen LogP contribution in [0.5, 0.6) is 0 Å². The SMILES string of the molecule is O.O=C1CC(=O)N(C2CC2)C(=O)N1c1cccc([N+](=O)[O-])c1.O=P(Cl)(Cl)Cl.O=c1cc(Cl)n(-c2cccc([N+](=O)[O-])c2)c(=O)n1C1CC1.O=c1cc(Cl)n(C2CC2)c(=O)n1-c1cccc([N+](=O)[O-])c1. The highest BCUT2D eigenvalue weighted by Crippen LogP contribution is 2.61. The smallest absolute Gasteiger partial charge is 0.339 e. The van der Waals surface area contributed by atoms with E-state index in [0.29, 0.717) is 0 Å². The highest BCUT2D eigenvalue weighted by molar-refractivity contribution is 8.24. The quantitative estimate of drug-likeness (QED) is 0.0462. The van der Waals surface area contributed by atoms with Gasteiger partial charge in [-0.25, -0.2) is 23.9 Å². The van der Waals surface area contributed by atoms with Gasteiger partial charge in [-0.05, 0) is 90.4 Å². The molecule has 2 N–H and O–H groups in total. The largest absolute Gasteiger partial charge is 0.412 e. The molecule has 4 amide bonds. The van der Waals surface area contributed by atoms with Crippen molar-refractivity contribution in [2.24, 2.45) is 0 Å². The van der Waals surface area contributed by atoms with Crippen LogP contribution in [0.15, 0.2) is 104 Å². The lowest BCUT2D eigenvalue weighted by molar-refractivity contribution is -0.385. The molecule has 30 heteroatoms. The summed E-state index contributed by atoms with van der Waals surface area (Å²) < 4.78 is 14.0. The topological polar surface area (TPSA) is 324 Å². The fourth-order valence-corrected chi connectivity index (χ4v) is 7.23. The Morgan fingerprint density at radius 3 is 1.36 bits per heavy atom. The van der Waals surface area contributed by atoms with Crippen molar-refractivity contribution < 1.29 is 39.2 Å². The molecule has 0 radical (unpaired) electrons. The van der Waals surface area contributed by atoms with Crippen LogP contribution in [0, 0.1) is 30.3 Å². The van der Waals surface area contributed by atoms with Gasteiger partial charge in [0.25, 0.3) is 28.2 Å². The summed E-state index contributed by atoms with van der Waals surface area (Å²) in [6.07, 6.45) is 4.25. The average molecular weight is 1080 g/mol. The van der Waals surface area contributed by atoms with E-state index in [-0.39, 0.29) is 68.0 Å². The monoisotopic (exact) mass is 1070 g/mol. The number of nitro groups is 3. The second kappa shape index (κ2) is 21.8. The molecule has 4 fully saturated rings. The number of aromatic nitrogens is 4. The number of non-ortho nitro benzene ring substituents is 3. The van der Waals surface area contributed by atoms with Gasteiger partial charge in [0.2, 0.25) is 11.8 Å². The maximum atomic E-state index is 12.4. The molecule has 1 saturated heterocycles. The van der Waals surface area contributed by atoms with E-state index in [1.165, 1.54) is 71.3 Å². The van der Waals surface area contributed by atoms with Crippen LogP contribution in [-0.2, 0) is 14.2 Å². The molecular formula is C39H33Cl5N9O15P.